The van der Waals surface area contributed by atoms with Crippen LogP contribution in [0.25, 0.3) is 11.2 Å². The largest absolute Gasteiger partial charge is 0.522 e. The van der Waals surface area contributed by atoms with Gasteiger partial charge in [0, 0.05) is 13.0 Å². The Morgan fingerprint density at radius 3 is 2.45 bits per heavy atom. The van der Waals surface area contributed by atoms with E-state index in [-0.39, 0.29) is 24.7 Å². The molecule has 1 unspecified atom stereocenters. The summed E-state index contributed by atoms with van der Waals surface area (Å²) in [7, 11) is 0. The molecule has 8 nitrogen and oxygen atoms in total. The molecule has 2 aromatic heterocycles. The van der Waals surface area contributed by atoms with Gasteiger partial charge in [-0.05, 0) is 44.0 Å². The summed E-state index contributed by atoms with van der Waals surface area (Å²) >= 11 is 0. The van der Waals surface area contributed by atoms with Gasteiger partial charge in [0.1, 0.15) is 5.52 Å². The number of alkyl halides is 3. The van der Waals surface area contributed by atoms with E-state index in [1.807, 2.05) is 12.1 Å². The predicted octanol–water partition coefficient (Wildman–Crippen LogP) is 3.46. The van der Waals surface area contributed by atoms with E-state index in [4.69, 9.17) is 4.74 Å². The van der Waals surface area contributed by atoms with Gasteiger partial charge < -0.3 is 9.72 Å². The lowest BCUT2D eigenvalue weighted by atomic mass is 10.1. The highest BCUT2D eigenvalue weighted by atomic mass is 19.4. The van der Waals surface area contributed by atoms with E-state index in [1.54, 1.807) is 0 Å². The van der Waals surface area contributed by atoms with Gasteiger partial charge in [0.05, 0.1) is 25.5 Å². The standard InChI is InChI=1S/C22H26F3N5O3/c1-15(33-22(23,24)25)8-11-32-20-26-12-18-19(28-20)30(21(31)27-18)14-17-6-4-16(5-7-17)13-29-9-2-3-10-29/h4-7,12,15H,2-3,8-11,13-14H2,1H3,(H,27,31). The van der Waals surface area contributed by atoms with E-state index in [1.165, 1.54) is 36.1 Å². The molecule has 3 aromatic rings. The van der Waals surface area contributed by atoms with Crippen molar-refractivity contribution in [3.05, 3.63) is 52.1 Å². The average molecular weight is 465 g/mol. The van der Waals surface area contributed by atoms with Crippen molar-refractivity contribution in [3.63, 3.8) is 0 Å². The van der Waals surface area contributed by atoms with Gasteiger partial charge in [0.25, 0.3) is 0 Å². The van der Waals surface area contributed by atoms with Crippen LogP contribution in [0.3, 0.4) is 0 Å². The van der Waals surface area contributed by atoms with E-state index in [9.17, 15) is 18.0 Å². The Morgan fingerprint density at radius 1 is 1.12 bits per heavy atom. The van der Waals surface area contributed by atoms with Crippen molar-refractivity contribution < 1.29 is 22.6 Å². The van der Waals surface area contributed by atoms with E-state index in [0.717, 1.165) is 25.2 Å². The number of nitrogens with zero attached hydrogens (tertiary/aromatic N) is 4. The first-order valence-electron chi connectivity index (χ1n) is 10.9. The lowest BCUT2D eigenvalue weighted by molar-refractivity contribution is -0.341. The smallest absolute Gasteiger partial charge is 0.463 e. The van der Waals surface area contributed by atoms with Gasteiger partial charge in [0.15, 0.2) is 5.65 Å². The van der Waals surface area contributed by atoms with Crippen molar-refractivity contribution in [2.45, 2.75) is 51.7 Å². The Morgan fingerprint density at radius 2 is 1.79 bits per heavy atom. The maximum absolute atomic E-state index is 12.5. The Bertz CT molecular complexity index is 1120. The summed E-state index contributed by atoms with van der Waals surface area (Å²) in [5.74, 6) is 0. The van der Waals surface area contributed by atoms with Crippen LogP contribution in [-0.4, -0.2) is 56.6 Å². The van der Waals surface area contributed by atoms with Gasteiger partial charge in [-0.1, -0.05) is 24.3 Å². The number of rotatable bonds is 9. The van der Waals surface area contributed by atoms with Crippen LogP contribution in [0.2, 0.25) is 0 Å². The van der Waals surface area contributed by atoms with E-state index in [0.29, 0.717) is 17.7 Å². The van der Waals surface area contributed by atoms with Crippen molar-refractivity contribution in [2.24, 2.45) is 0 Å². The first-order valence-corrected chi connectivity index (χ1v) is 10.9. The lowest BCUT2D eigenvalue weighted by Crippen LogP contribution is -2.23. The minimum Gasteiger partial charge on any atom is -0.463 e. The molecular weight excluding hydrogens is 439 g/mol. The van der Waals surface area contributed by atoms with Crippen molar-refractivity contribution in [1.82, 2.24) is 24.4 Å². The molecular formula is C22H26F3N5O3. The average Bonchev–Trinajstić information content (AvgIpc) is 3.36. The number of imidazole rings is 1. The number of nitrogens with one attached hydrogen (secondary N) is 1. The molecule has 0 aliphatic carbocycles. The van der Waals surface area contributed by atoms with Crippen molar-refractivity contribution in [2.75, 3.05) is 19.7 Å². The number of fused-ring (bicyclic) bond motifs is 1. The van der Waals surface area contributed by atoms with Crippen molar-refractivity contribution in [3.8, 4) is 6.01 Å². The summed E-state index contributed by atoms with van der Waals surface area (Å²) in [5, 5.41) is 0. The highest BCUT2D eigenvalue weighted by Crippen LogP contribution is 2.20. The molecule has 0 radical (unpaired) electrons. The molecule has 4 rings (SSSR count). The Kier molecular flexibility index (Phi) is 6.99. The molecule has 0 saturated carbocycles. The normalized spacial score (nSPS) is 15.9. The number of benzene rings is 1. The minimum atomic E-state index is -4.69. The highest BCUT2D eigenvalue weighted by molar-refractivity contribution is 5.69. The second-order valence-electron chi connectivity index (χ2n) is 8.22. The molecule has 1 aliphatic rings. The van der Waals surface area contributed by atoms with Crippen LogP contribution in [0.15, 0.2) is 35.3 Å². The molecule has 1 aliphatic heterocycles. The maximum atomic E-state index is 12.5. The fraction of sp³-hybridized carbons (Fsp3) is 0.500. The number of aromatic nitrogens is 4. The summed E-state index contributed by atoms with van der Waals surface area (Å²) in [6, 6.07) is 8.12. The number of hydrogen-bond donors (Lipinski definition) is 1. The molecule has 0 spiro atoms. The van der Waals surface area contributed by atoms with Crippen LogP contribution in [0.1, 0.15) is 37.3 Å². The summed E-state index contributed by atoms with van der Waals surface area (Å²) in [5.41, 5.74) is 2.67. The SMILES string of the molecule is CC(CCOc1ncc2[nH]c(=O)n(Cc3ccc(CN4CCCC4)cc3)c2n1)OC(F)(F)F. The molecule has 178 valence electrons. The quantitative estimate of drug-likeness (QED) is 0.521. The summed E-state index contributed by atoms with van der Waals surface area (Å²) in [6.07, 6.45) is -1.84. The Labute approximate surface area is 188 Å². The molecule has 3 heterocycles. The van der Waals surface area contributed by atoms with Crippen molar-refractivity contribution in [1.29, 1.82) is 0 Å². The molecule has 1 N–H and O–H groups in total. The number of aromatic amines is 1. The fourth-order valence-corrected chi connectivity index (χ4v) is 3.88. The highest BCUT2D eigenvalue weighted by Gasteiger charge is 2.31. The van der Waals surface area contributed by atoms with E-state index < -0.39 is 12.5 Å². The third-order valence-corrected chi connectivity index (χ3v) is 5.55. The van der Waals surface area contributed by atoms with Crippen LogP contribution < -0.4 is 10.4 Å². The molecule has 1 fully saturated rings. The molecule has 0 amide bonds. The summed E-state index contributed by atoms with van der Waals surface area (Å²) in [4.78, 5) is 25.9. The van der Waals surface area contributed by atoms with Crippen LogP contribution in [0.5, 0.6) is 6.01 Å². The predicted molar refractivity (Wildman–Crippen MR) is 115 cm³/mol. The van der Waals surface area contributed by atoms with Crippen LogP contribution >= 0.6 is 0 Å². The van der Waals surface area contributed by atoms with Crippen molar-refractivity contribution >= 4 is 11.2 Å². The maximum Gasteiger partial charge on any atom is 0.522 e. The summed E-state index contributed by atoms with van der Waals surface area (Å²) in [6.45, 7) is 4.75. The molecule has 33 heavy (non-hydrogen) atoms. The zero-order valence-corrected chi connectivity index (χ0v) is 18.3. The minimum absolute atomic E-state index is 0.00459. The fourth-order valence-electron chi connectivity index (χ4n) is 3.88. The summed E-state index contributed by atoms with van der Waals surface area (Å²) < 4.78 is 47.5. The van der Waals surface area contributed by atoms with Gasteiger partial charge in [-0.25, -0.2) is 9.78 Å². The lowest BCUT2D eigenvalue weighted by Gasteiger charge is -2.15. The van der Waals surface area contributed by atoms with Crippen LogP contribution in [0, 0.1) is 0 Å². The van der Waals surface area contributed by atoms with Gasteiger partial charge in [-0.2, -0.15) is 4.98 Å². The Balaban J connectivity index is 1.41. The van der Waals surface area contributed by atoms with E-state index >= 15 is 0 Å². The second-order valence-corrected chi connectivity index (χ2v) is 8.22. The van der Waals surface area contributed by atoms with Gasteiger partial charge in [-0.15, -0.1) is 13.2 Å². The first-order chi connectivity index (χ1) is 15.8. The second kappa shape index (κ2) is 9.92. The molecule has 0 bridgehead atoms. The monoisotopic (exact) mass is 465 g/mol. The third-order valence-electron chi connectivity index (χ3n) is 5.55. The molecule has 1 atom stereocenters. The number of halogens is 3. The van der Waals surface area contributed by atoms with E-state index in [2.05, 4.69) is 36.7 Å². The van der Waals surface area contributed by atoms with Gasteiger partial charge in [-0.3, -0.25) is 14.2 Å². The Hall–Kier alpha value is -2.92. The van der Waals surface area contributed by atoms with Crippen LogP contribution in [0.4, 0.5) is 13.2 Å². The topological polar surface area (TPSA) is 85.3 Å². The molecule has 1 saturated heterocycles. The molecule has 11 heteroatoms. The third kappa shape index (κ3) is 6.32. The number of H-pyrrole nitrogens is 1. The number of likely N-dealkylation sites (tertiary alicyclic amines) is 1. The zero-order chi connectivity index (χ0) is 23.4. The molecule has 1 aromatic carbocycles. The number of hydrogen-bond acceptors (Lipinski definition) is 6. The van der Waals surface area contributed by atoms with Gasteiger partial charge >= 0.3 is 18.1 Å². The van der Waals surface area contributed by atoms with Gasteiger partial charge in [0.2, 0.25) is 0 Å². The first kappa shape index (κ1) is 23.2. The number of ether oxygens (including phenoxy) is 2. The van der Waals surface area contributed by atoms with Crippen LogP contribution in [-0.2, 0) is 17.8 Å². The zero-order valence-electron chi connectivity index (χ0n) is 18.3.